The molecule has 1 aromatic heterocycles. The van der Waals surface area contributed by atoms with Crippen LogP contribution in [0.25, 0.3) is 0 Å². The Kier molecular flexibility index (Phi) is 5.21. The fourth-order valence-electron chi connectivity index (χ4n) is 1.27. The summed E-state index contributed by atoms with van der Waals surface area (Å²) in [5.41, 5.74) is 0.187. The molecule has 0 aromatic carbocycles. The standard InChI is InChI=1S/C10H15NO4S/c1-16(14)6-2-4-11-7-9-8(10(12)13)3-5-15-9/h3,5,11H,2,4,6-7H2,1H3,(H,12,13). The van der Waals surface area contributed by atoms with Gasteiger partial charge in [0.25, 0.3) is 0 Å². The molecule has 0 fully saturated rings. The predicted octanol–water partition coefficient (Wildman–Crippen LogP) is 0.836. The molecule has 0 aliphatic rings. The van der Waals surface area contributed by atoms with Crippen LogP contribution in [0.5, 0.6) is 0 Å². The Hall–Kier alpha value is -1.14. The molecular formula is C10H15NO4S. The van der Waals surface area contributed by atoms with Gasteiger partial charge in [0.15, 0.2) is 0 Å². The summed E-state index contributed by atoms with van der Waals surface area (Å²) < 4.78 is 15.8. The average Bonchev–Trinajstić information content (AvgIpc) is 2.65. The Bertz CT molecular complexity index is 375. The highest BCUT2D eigenvalue weighted by atomic mass is 32.2. The van der Waals surface area contributed by atoms with Gasteiger partial charge in [-0.25, -0.2) is 4.79 Å². The average molecular weight is 245 g/mol. The molecule has 1 aromatic rings. The topological polar surface area (TPSA) is 79.5 Å². The Labute approximate surface area is 96.3 Å². The molecule has 0 aliphatic carbocycles. The normalized spacial score (nSPS) is 12.6. The van der Waals surface area contributed by atoms with Crippen LogP contribution in [0, 0.1) is 0 Å². The highest BCUT2D eigenvalue weighted by Crippen LogP contribution is 2.09. The van der Waals surface area contributed by atoms with Crippen LogP contribution in [0.1, 0.15) is 22.5 Å². The maximum Gasteiger partial charge on any atom is 0.339 e. The molecule has 0 saturated heterocycles. The number of aromatic carboxylic acids is 1. The molecule has 0 spiro atoms. The van der Waals surface area contributed by atoms with Gasteiger partial charge in [-0.05, 0) is 19.0 Å². The van der Waals surface area contributed by atoms with Gasteiger partial charge in [0, 0.05) is 22.8 Å². The zero-order valence-electron chi connectivity index (χ0n) is 9.06. The minimum Gasteiger partial charge on any atom is -0.478 e. The molecule has 2 N–H and O–H groups in total. The Balaban J connectivity index is 2.29. The SMILES string of the molecule is CS(=O)CCCNCc1occc1C(=O)O. The number of carbonyl (C=O) groups is 1. The van der Waals surface area contributed by atoms with Crippen molar-refractivity contribution in [1.29, 1.82) is 0 Å². The molecule has 0 amide bonds. The second-order valence-corrected chi connectivity index (χ2v) is 4.92. The van der Waals surface area contributed by atoms with E-state index < -0.39 is 16.8 Å². The van der Waals surface area contributed by atoms with Gasteiger partial charge >= 0.3 is 5.97 Å². The van der Waals surface area contributed by atoms with Gasteiger partial charge in [-0.15, -0.1) is 0 Å². The lowest BCUT2D eigenvalue weighted by atomic mass is 10.2. The molecule has 5 nitrogen and oxygen atoms in total. The van der Waals surface area contributed by atoms with Crippen molar-refractivity contribution in [2.45, 2.75) is 13.0 Å². The van der Waals surface area contributed by atoms with Gasteiger partial charge in [-0.3, -0.25) is 4.21 Å². The smallest absolute Gasteiger partial charge is 0.339 e. The third kappa shape index (κ3) is 4.16. The predicted molar refractivity (Wildman–Crippen MR) is 60.9 cm³/mol. The van der Waals surface area contributed by atoms with Crippen molar-refractivity contribution >= 4 is 16.8 Å². The largest absolute Gasteiger partial charge is 0.478 e. The molecule has 0 bridgehead atoms. The van der Waals surface area contributed by atoms with Gasteiger partial charge in [0.05, 0.1) is 12.8 Å². The molecule has 1 heterocycles. The Morgan fingerprint density at radius 3 is 3.00 bits per heavy atom. The van der Waals surface area contributed by atoms with E-state index in [4.69, 9.17) is 9.52 Å². The maximum absolute atomic E-state index is 10.8. The van der Waals surface area contributed by atoms with Gasteiger partial charge in [0.1, 0.15) is 11.3 Å². The van der Waals surface area contributed by atoms with E-state index in [-0.39, 0.29) is 5.56 Å². The third-order valence-electron chi connectivity index (χ3n) is 2.05. The first kappa shape index (κ1) is 12.9. The molecule has 1 rings (SSSR count). The van der Waals surface area contributed by atoms with Crippen molar-refractivity contribution in [1.82, 2.24) is 5.32 Å². The lowest BCUT2D eigenvalue weighted by Gasteiger charge is -2.02. The molecule has 0 saturated carbocycles. The number of hydrogen-bond acceptors (Lipinski definition) is 4. The van der Waals surface area contributed by atoms with E-state index in [2.05, 4.69) is 5.32 Å². The maximum atomic E-state index is 10.8. The first-order valence-electron chi connectivity index (χ1n) is 4.91. The summed E-state index contributed by atoms with van der Waals surface area (Å²) in [5, 5.41) is 11.8. The van der Waals surface area contributed by atoms with E-state index in [9.17, 15) is 9.00 Å². The summed E-state index contributed by atoms with van der Waals surface area (Å²) in [4.78, 5) is 10.7. The second-order valence-electron chi connectivity index (χ2n) is 3.37. The summed E-state index contributed by atoms with van der Waals surface area (Å²) in [5.74, 6) is 0.0852. The number of furan rings is 1. The van der Waals surface area contributed by atoms with Crippen molar-refractivity contribution in [2.24, 2.45) is 0 Å². The van der Waals surface area contributed by atoms with Crippen molar-refractivity contribution < 1.29 is 18.5 Å². The van der Waals surface area contributed by atoms with Gasteiger partial charge in [-0.1, -0.05) is 0 Å². The Morgan fingerprint density at radius 1 is 1.62 bits per heavy atom. The molecule has 0 aliphatic heterocycles. The van der Waals surface area contributed by atoms with Crippen molar-refractivity contribution in [3.05, 3.63) is 23.7 Å². The van der Waals surface area contributed by atoms with E-state index >= 15 is 0 Å². The van der Waals surface area contributed by atoms with E-state index in [1.807, 2.05) is 0 Å². The van der Waals surface area contributed by atoms with E-state index in [0.717, 1.165) is 6.42 Å². The van der Waals surface area contributed by atoms with Crippen molar-refractivity contribution in [3.63, 3.8) is 0 Å². The number of rotatable bonds is 7. The van der Waals surface area contributed by atoms with Crippen LogP contribution >= 0.6 is 0 Å². The minimum atomic E-state index is -0.986. The summed E-state index contributed by atoms with van der Waals surface area (Å²) in [6.07, 6.45) is 3.82. The van der Waals surface area contributed by atoms with Gasteiger partial charge in [0.2, 0.25) is 0 Å². The quantitative estimate of drug-likeness (QED) is 0.696. The molecule has 6 heteroatoms. The van der Waals surface area contributed by atoms with Crippen LogP contribution < -0.4 is 5.32 Å². The van der Waals surface area contributed by atoms with Crippen LogP contribution in [0.4, 0.5) is 0 Å². The molecule has 16 heavy (non-hydrogen) atoms. The van der Waals surface area contributed by atoms with Crippen LogP contribution in [-0.2, 0) is 17.3 Å². The summed E-state index contributed by atoms with van der Waals surface area (Å²) >= 11 is 0. The number of carboxylic acids is 1. The molecule has 0 radical (unpaired) electrons. The Morgan fingerprint density at radius 2 is 2.38 bits per heavy atom. The third-order valence-corrected chi connectivity index (χ3v) is 2.91. The number of nitrogens with one attached hydrogen (secondary N) is 1. The molecular weight excluding hydrogens is 230 g/mol. The van der Waals surface area contributed by atoms with Crippen LogP contribution in [-0.4, -0.2) is 33.8 Å². The zero-order valence-corrected chi connectivity index (χ0v) is 9.88. The summed E-state index contributed by atoms with van der Waals surface area (Å²) in [6, 6.07) is 1.43. The minimum absolute atomic E-state index is 0.187. The van der Waals surface area contributed by atoms with E-state index in [0.29, 0.717) is 24.6 Å². The van der Waals surface area contributed by atoms with Crippen LogP contribution in [0.15, 0.2) is 16.7 Å². The van der Waals surface area contributed by atoms with Crippen molar-refractivity contribution in [2.75, 3.05) is 18.6 Å². The van der Waals surface area contributed by atoms with E-state index in [1.54, 1.807) is 6.26 Å². The first-order valence-corrected chi connectivity index (χ1v) is 6.64. The summed E-state index contributed by atoms with van der Waals surface area (Å²) in [7, 11) is -0.775. The first-order chi connectivity index (χ1) is 7.61. The van der Waals surface area contributed by atoms with Crippen molar-refractivity contribution in [3.8, 4) is 0 Å². The fraction of sp³-hybridized carbons (Fsp3) is 0.500. The van der Waals surface area contributed by atoms with E-state index in [1.165, 1.54) is 12.3 Å². The van der Waals surface area contributed by atoms with Gasteiger partial charge < -0.3 is 14.8 Å². The summed E-state index contributed by atoms with van der Waals surface area (Å²) in [6.45, 7) is 1.07. The van der Waals surface area contributed by atoms with Gasteiger partial charge in [-0.2, -0.15) is 0 Å². The molecule has 1 atom stereocenters. The lowest BCUT2D eigenvalue weighted by molar-refractivity contribution is 0.0694. The van der Waals surface area contributed by atoms with Crippen LogP contribution in [0.2, 0.25) is 0 Å². The molecule has 90 valence electrons. The highest BCUT2D eigenvalue weighted by Gasteiger charge is 2.12. The number of carboxylic acid groups (broad SMARTS) is 1. The molecule has 1 unspecified atom stereocenters. The monoisotopic (exact) mass is 245 g/mol. The highest BCUT2D eigenvalue weighted by molar-refractivity contribution is 7.84. The second kappa shape index (κ2) is 6.44. The lowest BCUT2D eigenvalue weighted by Crippen LogP contribution is -2.17. The zero-order chi connectivity index (χ0) is 12.0. The van der Waals surface area contributed by atoms with Crippen LogP contribution in [0.3, 0.4) is 0 Å². The number of hydrogen-bond donors (Lipinski definition) is 2. The fourth-order valence-corrected chi connectivity index (χ4v) is 1.82.